The molecule has 2 rings (SSSR count). The summed E-state index contributed by atoms with van der Waals surface area (Å²) in [5.74, 6) is 0. The lowest BCUT2D eigenvalue weighted by Crippen LogP contribution is -1.85. The molecule has 0 saturated heterocycles. The first kappa shape index (κ1) is 6.90. The van der Waals surface area contributed by atoms with Crippen molar-refractivity contribution in [2.75, 3.05) is 5.73 Å². The monoisotopic (exact) mass is 259 g/mol. The van der Waals surface area contributed by atoms with Gasteiger partial charge in [-0.15, -0.1) is 0 Å². The molecule has 0 aromatic carbocycles. The molecule has 0 spiro atoms. The van der Waals surface area contributed by atoms with E-state index in [2.05, 4.69) is 32.6 Å². The molecule has 0 bridgehead atoms. The Kier molecular flexibility index (Phi) is 1.49. The molecule has 0 radical (unpaired) electrons. The summed E-state index contributed by atoms with van der Waals surface area (Å²) in [7, 11) is 0. The Morgan fingerprint density at radius 2 is 2.36 bits per heavy atom. The summed E-state index contributed by atoms with van der Waals surface area (Å²) in [5.41, 5.74) is 8.22. The van der Waals surface area contributed by atoms with Gasteiger partial charge in [0, 0.05) is 6.20 Å². The predicted octanol–water partition coefficient (Wildman–Crippen LogP) is 1.75. The van der Waals surface area contributed by atoms with Crippen molar-refractivity contribution < 1.29 is 0 Å². The van der Waals surface area contributed by atoms with E-state index in [1.807, 2.05) is 12.3 Å². The molecule has 0 saturated carbocycles. The number of aromatic nitrogens is 2. The van der Waals surface area contributed by atoms with Gasteiger partial charge in [0.15, 0.2) is 0 Å². The molecule has 0 aliphatic rings. The SMILES string of the molecule is Nc1cnc2c(I)c[nH]c2c1. The largest absolute Gasteiger partial charge is 0.397 e. The van der Waals surface area contributed by atoms with E-state index in [1.165, 1.54) is 0 Å². The first-order valence-corrected chi connectivity index (χ1v) is 4.23. The minimum absolute atomic E-state index is 0.691. The Balaban J connectivity index is 2.86. The zero-order valence-electron chi connectivity index (χ0n) is 5.63. The molecule has 2 heterocycles. The number of anilines is 1. The highest BCUT2D eigenvalue weighted by molar-refractivity contribution is 14.1. The van der Waals surface area contributed by atoms with Gasteiger partial charge in [0.05, 0.1) is 21.0 Å². The molecule has 0 fully saturated rings. The zero-order valence-corrected chi connectivity index (χ0v) is 7.79. The summed E-state index contributed by atoms with van der Waals surface area (Å²) in [4.78, 5) is 7.26. The van der Waals surface area contributed by atoms with E-state index in [-0.39, 0.29) is 0 Å². The van der Waals surface area contributed by atoms with Crippen LogP contribution in [0.15, 0.2) is 18.5 Å². The molecule has 2 aromatic heterocycles. The second-order valence-electron chi connectivity index (χ2n) is 2.30. The Morgan fingerprint density at radius 3 is 3.18 bits per heavy atom. The van der Waals surface area contributed by atoms with Gasteiger partial charge in [-0.2, -0.15) is 0 Å². The van der Waals surface area contributed by atoms with Crippen LogP contribution < -0.4 is 5.73 Å². The number of hydrogen-bond donors (Lipinski definition) is 2. The number of nitrogens with one attached hydrogen (secondary N) is 1. The van der Waals surface area contributed by atoms with Gasteiger partial charge in [0.1, 0.15) is 5.52 Å². The minimum Gasteiger partial charge on any atom is -0.397 e. The van der Waals surface area contributed by atoms with Crippen LogP contribution in [0.2, 0.25) is 0 Å². The predicted molar refractivity (Wildman–Crippen MR) is 53.2 cm³/mol. The van der Waals surface area contributed by atoms with Crippen molar-refractivity contribution in [3.05, 3.63) is 22.0 Å². The van der Waals surface area contributed by atoms with Crippen LogP contribution in [0.3, 0.4) is 0 Å². The van der Waals surface area contributed by atoms with Crippen molar-refractivity contribution in [3.63, 3.8) is 0 Å². The van der Waals surface area contributed by atoms with Crippen LogP contribution in [0.4, 0.5) is 5.69 Å². The Morgan fingerprint density at radius 1 is 1.55 bits per heavy atom. The molecule has 56 valence electrons. The normalized spacial score (nSPS) is 10.6. The van der Waals surface area contributed by atoms with Gasteiger partial charge in [-0.1, -0.05) is 0 Å². The summed E-state index contributed by atoms with van der Waals surface area (Å²) in [5, 5.41) is 0. The number of rotatable bonds is 0. The van der Waals surface area contributed by atoms with Gasteiger partial charge in [-0.25, -0.2) is 0 Å². The van der Waals surface area contributed by atoms with Crippen LogP contribution in [-0.4, -0.2) is 9.97 Å². The number of pyridine rings is 1. The molecule has 0 aliphatic heterocycles. The van der Waals surface area contributed by atoms with Crippen molar-refractivity contribution in [1.29, 1.82) is 0 Å². The number of nitrogen functional groups attached to an aromatic ring is 1. The third kappa shape index (κ3) is 1.07. The van der Waals surface area contributed by atoms with Crippen LogP contribution in [0.1, 0.15) is 0 Å². The van der Waals surface area contributed by atoms with E-state index >= 15 is 0 Å². The number of aromatic amines is 1. The van der Waals surface area contributed by atoms with Crippen molar-refractivity contribution in [1.82, 2.24) is 9.97 Å². The molecule has 0 aliphatic carbocycles. The summed E-state index contributed by atoms with van der Waals surface area (Å²) in [6.07, 6.45) is 3.58. The molecule has 0 atom stereocenters. The van der Waals surface area contributed by atoms with E-state index in [4.69, 9.17) is 5.73 Å². The topological polar surface area (TPSA) is 54.7 Å². The Hall–Kier alpha value is -0.780. The Bertz CT molecular complexity index is 393. The summed E-state index contributed by atoms with van der Waals surface area (Å²) < 4.78 is 1.12. The van der Waals surface area contributed by atoms with Gasteiger partial charge >= 0.3 is 0 Å². The quantitative estimate of drug-likeness (QED) is 0.708. The number of halogens is 1. The minimum atomic E-state index is 0.691. The first-order valence-electron chi connectivity index (χ1n) is 3.15. The average molecular weight is 259 g/mol. The number of hydrogen-bond acceptors (Lipinski definition) is 2. The highest BCUT2D eigenvalue weighted by Gasteiger charge is 2.00. The number of fused-ring (bicyclic) bond motifs is 1. The van der Waals surface area contributed by atoms with Gasteiger partial charge in [0.2, 0.25) is 0 Å². The molecule has 11 heavy (non-hydrogen) atoms. The average Bonchev–Trinajstić information content (AvgIpc) is 2.32. The summed E-state index contributed by atoms with van der Waals surface area (Å²) in [6.45, 7) is 0. The molecule has 2 aromatic rings. The van der Waals surface area contributed by atoms with Crippen LogP contribution in [0.5, 0.6) is 0 Å². The van der Waals surface area contributed by atoms with E-state index in [0.29, 0.717) is 5.69 Å². The number of nitrogens with two attached hydrogens (primary N) is 1. The van der Waals surface area contributed by atoms with Gasteiger partial charge < -0.3 is 10.7 Å². The highest BCUT2D eigenvalue weighted by Crippen LogP contribution is 2.18. The molecule has 4 heteroatoms. The number of H-pyrrole nitrogens is 1. The molecule has 0 amide bonds. The van der Waals surface area contributed by atoms with Gasteiger partial charge in [-0.05, 0) is 28.7 Å². The molecule has 3 N–H and O–H groups in total. The van der Waals surface area contributed by atoms with Crippen molar-refractivity contribution >= 4 is 39.3 Å². The lowest BCUT2D eigenvalue weighted by Gasteiger charge is -1.91. The standard InChI is InChI=1S/C7H6IN3/c8-5-3-10-6-1-4(9)2-11-7(5)6/h1-3,10H,9H2. The maximum Gasteiger partial charge on any atom is 0.101 e. The fourth-order valence-electron chi connectivity index (χ4n) is 0.991. The highest BCUT2D eigenvalue weighted by atomic mass is 127. The summed E-state index contributed by atoms with van der Waals surface area (Å²) in [6, 6.07) is 1.88. The van der Waals surface area contributed by atoms with E-state index in [1.54, 1.807) is 6.20 Å². The third-order valence-electron chi connectivity index (χ3n) is 1.49. The Labute approximate surface area is 77.1 Å². The summed E-state index contributed by atoms with van der Waals surface area (Å²) >= 11 is 2.23. The fourth-order valence-corrected chi connectivity index (χ4v) is 1.58. The van der Waals surface area contributed by atoms with Gasteiger partial charge in [0.25, 0.3) is 0 Å². The lowest BCUT2D eigenvalue weighted by atomic mass is 10.3. The van der Waals surface area contributed by atoms with Crippen molar-refractivity contribution in [3.8, 4) is 0 Å². The molecule has 3 nitrogen and oxygen atoms in total. The maximum absolute atomic E-state index is 5.55. The molecular weight excluding hydrogens is 253 g/mol. The van der Waals surface area contributed by atoms with Crippen LogP contribution in [0.25, 0.3) is 11.0 Å². The molecule has 0 unspecified atom stereocenters. The second-order valence-corrected chi connectivity index (χ2v) is 3.46. The third-order valence-corrected chi connectivity index (χ3v) is 2.31. The fraction of sp³-hybridized carbons (Fsp3) is 0. The maximum atomic E-state index is 5.55. The van der Waals surface area contributed by atoms with E-state index in [9.17, 15) is 0 Å². The van der Waals surface area contributed by atoms with Crippen LogP contribution in [-0.2, 0) is 0 Å². The van der Waals surface area contributed by atoms with Crippen molar-refractivity contribution in [2.24, 2.45) is 0 Å². The van der Waals surface area contributed by atoms with E-state index in [0.717, 1.165) is 14.6 Å². The van der Waals surface area contributed by atoms with Gasteiger partial charge in [-0.3, -0.25) is 4.98 Å². The van der Waals surface area contributed by atoms with Crippen LogP contribution in [0, 0.1) is 3.57 Å². The zero-order chi connectivity index (χ0) is 7.84. The van der Waals surface area contributed by atoms with Crippen LogP contribution >= 0.6 is 22.6 Å². The second kappa shape index (κ2) is 2.37. The smallest absolute Gasteiger partial charge is 0.101 e. The molecular formula is C7H6IN3. The van der Waals surface area contributed by atoms with Crippen molar-refractivity contribution in [2.45, 2.75) is 0 Å². The lowest BCUT2D eigenvalue weighted by molar-refractivity contribution is 1.41. The first-order chi connectivity index (χ1) is 5.27. The van der Waals surface area contributed by atoms with E-state index < -0.39 is 0 Å². The number of nitrogens with zero attached hydrogens (tertiary/aromatic N) is 1.